The first-order valence-electron chi connectivity index (χ1n) is 9.94. The molecule has 1 aliphatic rings. The van der Waals surface area contributed by atoms with Crippen molar-refractivity contribution in [1.29, 1.82) is 0 Å². The van der Waals surface area contributed by atoms with Gasteiger partial charge in [-0.25, -0.2) is 0 Å². The average Bonchev–Trinajstić information content (AvgIpc) is 3.15. The summed E-state index contributed by atoms with van der Waals surface area (Å²) >= 11 is 0. The zero-order valence-corrected chi connectivity index (χ0v) is 16.8. The van der Waals surface area contributed by atoms with Gasteiger partial charge in [0.1, 0.15) is 5.76 Å². The van der Waals surface area contributed by atoms with Crippen molar-refractivity contribution in [3.8, 4) is 0 Å². The molecule has 1 aromatic rings. The molecule has 2 rings (SSSR count). The molecule has 2 N–H and O–H groups in total. The number of hydrogen-bond acceptors (Lipinski definition) is 4. The van der Waals surface area contributed by atoms with Gasteiger partial charge in [0.2, 0.25) is 0 Å². The van der Waals surface area contributed by atoms with Crippen LogP contribution in [-0.2, 0) is 0 Å². The Hall–Kier alpha value is -1.74. The Morgan fingerprint density at radius 1 is 1.29 bits per heavy atom. The molecule has 0 saturated carbocycles. The second kappa shape index (κ2) is 11.3. The summed E-state index contributed by atoms with van der Waals surface area (Å²) < 4.78 is 42.9. The molecule has 2 heterocycles. The number of halogens is 3. The van der Waals surface area contributed by atoms with Gasteiger partial charge in [-0.15, -0.1) is 0 Å². The van der Waals surface area contributed by atoms with Gasteiger partial charge in [0.15, 0.2) is 5.96 Å². The first-order valence-corrected chi connectivity index (χ1v) is 9.94. The first-order chi connectivity index (χ1) is 13.4. The van der Waals surface area contributed by atoms with E-state index in [-0.39, 0.29) is 12.6 Å². The third kappa shape index (κ3) is 8.10. The van der Waals surface area contributed by atoms with E-state index in [1.807, 2.05) is 19.1 Å². The molecule has 1 saturated heterocycles. The molecule has 0 bridgehead atoms. The van der Waals surface area contributed by atoms with Gasteiger partial charge >= 0.3 is 6.18 Å². The molecule has 0 spiro atoms. The van der Waals surface area contributed by atoms with Gasteiger partial charge in [0.05, 0.1) is 25.4 Å². The maximum atomic E-state index is 12.4. The van der Waals surface area contributed by atoms with Crippen molar-refractivity contribution in [2.24, 2.45) is 4.99 Å². The predicted molar refractivity (Wildman–Crippen MR) is 104 cm³/mol. The number of likely N-dealkylation sites (tertiary alicyclic amines) is 1. The molecule has 6 nitrogen and oxygen atoms in total. The van der Waals surface area contributed by atoms with Gasteiger partial charge in [-0.1, -0.05) is 6.42 Å². The van der Waals surface area contributed by atoms with Crippen LogP contribution in [0.15, 0.2) is 27.8 Å². The fourth-order valence-corrected chi connectivity index (χ4v) is 3.37. The molecule has 28 heavy (non-hydrogen) atoms. The number of nitrogens with one attached hydrogen (secondary N) is 2. The third-order valence-corrected chi connectivity index (χ3v) is 4.70. The zero-order valence-electron chi connectivity index (χ0n) is 16.8. The topological polar surface area (TPSA) is 56.0 Å². The second-order valence-corrected chi connectivity index (χ2v) is 7.13. The fraction of sp³-hybridized carbons (Fsp3) is 0.737. The van der Waals surface area contributed by atoms with Gasteiger partial charge in [-0.2, -0.15) is 13.2 Å². The fourth-order valence-electron chi connectivity index (χ4n) is 3.37. The lowest BCUT2D eigenvalue weighted by Gasteiger charge is -2.32. The van der Waals surface area contributed by atoms with Crippen molar-refractivity contribution >= 4 is 5.96 Å². The monoisotopic (exact) mass is 403 g/mol. The lowest BCUT2D eigenvalue weighted by molar-refractivity contribution is -0.142. The van der Waals surface area contributed by atoms with E-state index in [1.165, 1.54) is 31.2 Å². The summed E-state index contributed by atoms with van der Waals surface area (Å²) in [6, 6.07) is 3.93. The minimum absolute atomic E-state index is 0.0682. The van der Waals surface area contributed by atoms with E-state index in [9.17, 15) is 13.2 Å². The van der Waals surface area contributed by atoms with Crippen LogP contribution in [0.3, 0.4) is 0 Å². The Bertz CT molecular complexity index is 571. The highest BCUT2D eigenvalue weighted by Crippen LogP contribution is 2.25. The van der Waals surface area contributed by atoms with E-state index in [4.69, 9.17) is 4.42 Å². The molecule has 160 valence electrons. The van der Waals surface area contributed by atoms with Crippen LogP contribution in [0.25, 0.3) is 0 Å². The van der Waals surface area contributed by atoms with Crippen molar-refractivity contribution in [3.63, 3.8) is 0 Å². The summed E-state index contributed by atoms with van der Waals surface area (Å²) in [6.45, 7) is 4.95. The summed E-state index contributed by atoms with van der Waals surface area (Å²) in [5.41, 5.74) is 0. The largest absolute Gasteiger partial charge is 0.468 e. The SMILES string of the molecule is CCNC(=NCC(c1ccco1)N1CCCCC1)NCCN(C)CC(F)(F)F. The molecule has 0 radical (unpaired) electrons. The molecule has 1 aliphatic heterocycles. The highest BCUT2D eigenvalue weighted by molar-refractivity contribution is 5.79. The second-order valence-electron chi connectivity index (χ2n) is 7.13. The quantitative estimate of drug-likeness (QED) is 0.491. The highest BCUT2D eigenvalue weighted by atomic mass is 19.4. The number of piperidine rings is 1. The maximum absolute atomic E-state index is 12.4. The number of furan rings is 1. The molecule has 9 heteroatoms. The molecule has 1 aromatic heterocycles. The van der Waals surface area contributed by atoms with E-state index in [0.29, 0.717) is 25.6 Å². The molecular weight excluding hydrogens is 371 g/mol. The summed E-state index contributed by atoms with van der Waals surface area (Å²) in [6.07, 6.45) is 1.09. The Morgan fingerprint density at radius 3 is 2.64 bits per heavy atom. The molecular formula is C19H32F3N5O. The smallest absolute Gasteiger partial charge is 0.401 e. The van der Waals surface area contributed by atoms with Crippen molar-refractivity contribution in [1.82, 2.24) is 20.4 Å². The predicted octanol–water partition coefficient (Wildman–Crippen LogP) is 2.86. The number of aliphatic imine (C=N–C) groups is 1. The standard InChI is InChI=1S/C19H32F3N5O/c1-3-23-18(24-9-12-26(2)15-19(20,21)22)25-14-16(17-8-7-13-28-17)27-10-5-4-6-11-27/h7-8,13,16H,3-6,9-12,14-15H2,1-2H3,(H2,23,24,25). The van der Waals surface area contributed by atoms with Crippen LogP contribution in [0.5, 0.6) is 0 Å². The first kappa shape index (κ1) is 22.5. The number of alkyl halides is 3. The molecule has 0 aromatic carbocycles. The van der Waals surface area contributed by atoms with Crippen molar-refractivity contribution in [2.45, 2.75) is 38.4 Å². The zero-order chi connectivity index (χ0) is 20.4. The van der Waals surface area contributed by atoms with Crippen LogP contribution in [0.1, 0.15) is 38.0 Å². The molecule has 0 aliphatic carbocycles. The minimum atomic E-state index is -4.18. The van der Waals surface area contributed by atoms with Crippen LogP contribution in [0.4, 0.5) is 13.2 Å². The van der Waals surface area contributed by atoms with Gasteiger partial charge in [0.25, 0.3) is 0 Å². The Morgan fingerprint density at radius 2 is 2.04 bits per heavy atom. The van der Waals surface area contributed by atoms with Crippen LogP contribution >= 0.6 is 0 Å². The number of likely N-dealkylation sites (N-methyl/N-ethyl adjacent to an activating group) is 1. The van der Waals surface area contributed by atoms with E-state index >= 15 is 0 Å². The average molecular weight is 403 g/mol. The van der Waals surface area contributed by atoms with E-state index in [1.54, 1.807) is 6.26 Å². The highest BCUT2D eigenvalue weighted by Gasteiger charge is 2.29. The lowest BCUT2D eigenvalue weighted by atomic mass is 10.1. The van der Waals surface area contributed by atoms with Crippen molar-refractivity contribution < 1.29 is 17.6 Å². The van der Waals surface area contributed by atoms with E-state index in [2.05, 4.69) is 20.5 Å². The van der Waals surface area contributed by atoms with Gasteiger partial charge < -0.3 is 15.1 Å². The van der Waals surface area contributed by atoms with E-state index in [0.717, 1.165) is 18.8 Å². The minimum Gasteiger partial charge on any atom is -0.468 e. The summed E-state index contributed by atoms with van der Waals surface area (Å²) in [5.74, 6) is 1.50. The van der Waals surface area contributed by atoms with Crippen LogP contribution in [-0.4, -0.2) is 74.8 Å². The Kier molecular flexibility index (Phi) is 9.11. The van der Waals surface area contributed by atoms with Gasteiger partial charge in [-0.3, -0.25) is 14.8 Å². The van der Waals surface area contributed by atoms with Gasteiger partial charge in [0, 0.05) is 19.6 Å². The Balaban J connectivity index is 1.92. The molecule has 1 atom stereocenters. The summed E-state index contributed by atoms with van der Waals surface area (Å²) in [5, 5.41) is 6.28. The molecule has 0 amide bonds. The lowest BCUT2D eigenvalue weighted by Crippen LogP contribution is -2.43. The number of rotatable bonds is 9. The number of nitrogens with zero attached hydrogens (tertiary/aromatic N) is 3. The number of guanidine groups is 1. The normalized spacial score (nSPS) is 17.7. The molecule has 1 unspecified atom stereocenters. The van der Waals surface area contributed by atoms with Crippen LogP contribution < -0.4 is 10.6 Å². The van der Waals surface area contributed by atoms with Crippen molar-refractivity contribution in [2.75, 3.05) is 52.9 Å². The summed E-state index contributed by atoms with van der Waals surface area (Å²) in [4.78, 5) is 8.31. The van der Waals surface area contributed by atoms with Gasteiger partial charge in [-0.05, 0) is 52.0 Å². The van der Waals surface area contributed by atoms with E-state index < -0.39 is 12.7 Å². The Labute approximate surface area is 165 Å². The maximum Gasteiger partial charge on any atom is 0.401 e. The van der Waals surface area contributed by atoms with Crippen molar-refractivity contribution in [3.05, 3.63) is 24.2 Å². The number of hydrogen-bond donors (Lipinski definition) is 2. The van der Waals surface area contributed by atoms with Crippen LogP contribution in [0, 0.1) is 0 Å². The summed E-state index contributed by atoms with van der Waals surface area (Å²) in [7, 11) is 1.46. The van der Waals surface area contributed by atoms with Crippen LogP contribution in [0.2, 0.25) is 0 Å². The third-order valence-electron chi connectivity index (χ3n) is 4.70. The molecule has 1 fully saturated rings.